The largest absolute Gasteiger partial charge is 0.493 e. The lowest BCUT2D eigenvalue weighted by Gasteiger charge is -2.24. The van der Waals surface area contributed by atoms with E-state index in [4.69, 9.17) is 16.3 Å². The second-order valence-corrected chi connectivity index (χ2v) is 8.01. The second kappa shape index (κ2) is 9.35. The minimum absolute atomic E-state index is 0.147. The van der Waals surface area contributed by atoms with Gasteiger partial charge in [-0.2, -0.15) is 5.10 Å². The van der Waals surface area contributed by atoms with Crippen LogP contribution in [0, 0.1) is 6.92 Å². The van der Waals surface area contributed by atoms with E-state index in [1.54, 1.807) is 0 Å². The van der Waals surface area contributed by atoms with Gasteiger partial charge in [-0.05, 0) is 61.9 Å². The molecule has 2 aromatic carbocycles. The molecule has 1 aromatic heterocycles. The fraction of sp³-hybridized carbons (Fsp3) is 0.333. The predicted octanol–water partition coefficient (Wildman–Crippen LogP) is 5.57. The maximum Gasteiger partial charge on any atom is 0.227 e. The van der Waals surface area contributed by atoms with Gasteiger partial charge in [-0.15, -0.1) is 0 Å². The summed E-state index contributed by atoms with van der Waals surface area (Å²) >= 11 is 6.15. The van der Waals surface area contributed by atoms with Crippen molar-refractivity contribution in [3.8, 4) is 16.9 Å². The Bertz CT molecular complexity index is 1020. The summed E-state index contributed by atoms with van der Waals surface area (Å²) in [6.45, 7) is 3.19. The molecule has 0 aliphatic carbocycles. The van der Waals surface area contributed by atoms with Gasteiger partial charge in [0, 0.05) is 41.0 Å². The van der Waals surface area contributed by atoms with Crippen LogP contribution in [0.5, 0.6) is 5.75 Å². The Morgan fingerprint density at radius 2 is 2.10 bits per heavy atom. The van der Waals surface area contributed by atoms with Crippen LogP contribution in [0.25, 0.3) is 11.1 Å². The summed E-state index contributed by atoms with van der Waals surface area (Å²) in [4.78, 5) is 15.0. The SMILES string of the molecule is Cc1c(Cl)cccc1OCCCC(=O)N1CCCCc2c(-c3cn[nH]c3)cccc21. The summed E-state index contributed by atoms with van der Waals surface area (Å²) in [5, 5.41) is 7.66. The molecule has 1 aliphatic heterocycles. The van der Waals surface area contributed by atoms with Crippen molar-refractivity contribution in [3.05, 3.63) is 64.9 Å². The van der Waals surface area contributed by atoms with Crippen LogP contribution >= 0.6 is 11.6 Å². The van der Waals surface area contributed by atoms with Gasteiger partial charge in [-0.25, -0.2) is 0 Å². The number of anilines is 1. The Hall–Kier alpha value is -2.79. The van der Waals surface area contributed by atoms with Crippen LogP contribution in [0.1, 0.15) is 36.8 Å². The van der Waals surface area contributed by atoms with Gasteiger partial charge < -0.3 is 9.64 Å². The van der Waals surface area contributed by atoms with E-state index in [0.717, 1.165) is 53.9 Å². The van der Waals surface area contributed by atoms with Crippen molar-refractivity contribution in [2.24, 2.45) is 0 Å². The van der Waals surface area contributed by atoms with Gasteiger partial charge in [0.25, 0.3) is 0 Å². The molecular formula is C24H26ClN3O2. The molecule has 2 heterocycles. The number of aromatic nitrogens is 2. The highest BCUT2D eigenvalue weighted by molar-refractivity contribution is 6.31. The highest BCUT2D eigenvalue weighted by Crippen LogP contribution is 2.35. The number of ether oxygens (including phenoxy) is 1. The molecule has 0 unspecified atom stereocenters. The average molecular weight is 424 g/mol. The highest BCUT2D eigenvalue weighted by Gasteiger charge is 2.23. The first-order valence-corrected chi connectivity index (χ1v) is 10.8. The molecule has 0 radical (unpaired) electrons. The predicted molar refractivity (Wildman–Crippen MR) is 120 cm³/mol. The lowest BCUT2D eigenvalue weighted by Crippen LogP contribution is -2.31. The number of rotatable bonds is 6. The number of fused-ring (bicyclic) bond motifs is 1. The molecule has 3 aromatic rings. The van der Waals surface area contributed by atoms with Gasteiger partial charge in [-0.1, -0.05) is 29.8 Å². The Labute approximate surface area is 182 Å². The summed E-state index contributed by atoms with van der Waals surface area (Å²) < 4.78 is 5.85. The molecule has 1 N–H and O–H groups in total. The van der Waals surface area contributed by atoms with Crippen molar-refractivity contribution >= 4 is 23.2 Å². The van der Waals surface area contributed by atoms with E-state index in [9.17, 15) is 4.79 Å². The van der Waals surface area contributed by atoms with Gasteiger partial charge in [0.15, 0.2) is 0 Å². The van der Waals surface area contributed by atoms with Crippen molar-refractivity contribution in [1.82, 2.24) is 10.2 Å². The first kappa shape index (κ1) is 20.5. The van der Waals surface area contributed by atoms with Crippen molar-refractivity contribution in [3.63, 3.8) is 0 Å². The second-order valence-electron chi connectivity index (χ2n) is 7.61. The summed E-state index contributed by atoms with van der Waals surface area (Å²) in [5.41, 5.74) is 5.41. The average Bonchev–Trinajstić information content (AvgIpc) is 3.20. The molecule has 156 valence electrons. The number of hydrogen-bond donors (Lipinski definition) is 1. The molecule has 4 rings (SSSR count). The number of halogens is 1. The number of nitrogens with zero attached hydrogens (tertiary/aromatic N) is 2. The molecule has 6 heteroatoms. The summed E-state index contributed by atoms with van der Waals surface area (Å²) in [7, 11) is 0. The number of amides is 1. The number of hydrogen-bond acceptors (Lipinski definition) is 3. The van der Waals surface area contributed by atoms with Crippen LogP contribution in [0.2, 0.25) is 5.02 Å². The summed E-state index contributed by atoms with van der Waals surface area (Å²) in [6.07, 6.45) is 7.90. The summed E-state index contributed by atoms with van der Waals surface area (Å²) in [6, 6.07) is 11.8. The highest BCUT2D eigenvalue weighted by atomic mass is 35.5. The van der Waals surface area contributed by atoms with Crippen LogP contribution < -0.4 is 9.64 Å². The molecular weight excluding hydrogens is 398 g/mol. The third kappa shape index (κ3) is 4.36. The maximum atomic E-state index is 13.1. The van der Waals surface area contributed by atoms with Crippen LogP contribution in [-0.4, -0.2) is 29.3 Å². The topological polar surface area (TPSA) is 58.2 Å². The fourth-order valence-electron chi connectivity index (χ4n) is 3.99. The molecule has 5 nitrogen and oxygen atoms in total. The van der Waals surface area contributed by atoms with E-state index in [2.05, 4.69) is 22.3 Å². The minimum Gasteiger partial charge on any atom is -0.493 e. The molecule has 1 amide bonds. The van der Waals surface area contributed by atoms with E-state index < -0.39 is 0 Å². The van der Waals surface area contributed by atoms with E-state index in [-0.39, 0.29) is 5.91 Å². The van der Waals surface area contributed by atoms with Crippen LogP contribution in [-0.2, 0) is 11.2 Å². The lowest BCUT2D eigenvalue weighted by atomic mass is 9.97. The molecule has 0 fully saturated rings. The van der Waals surface area contributed by atoms with Gasteiger partial charge in [0.1, 0.15) is 5.75 Å². The van der Waals surface area contributed by atoms with E-state index in [0.29, 0.717) is 24.5 Å². The third-order valence-corrected chi connectivity index (χ3v) is 6.03. The van der Waals surface area contributed by atoms with Crippen LogP contribution in [0.15, 0.2) is 48.8 Å². The number of H-pyrrole nitrogens is 1. The molecule has 1 aliphatic rings. The van der Waals surface area contributed by atoms with Crippen molar-refractivity contribution in [2.45, 2.75) is 39.0 Å². The maximum absolute atomic E-state index is 13.1. The third-order valence-electron chi connectivity index (χ3n) is 5.62. The Morgan fingerprint density at radius 1 is 1.23 bits per heavy atom. The van der Waals surface area contributed by atoms with Crippen LogP contribution in [0.4, 0.5) is 5.69 Å². The normalized spacial score (nSPS) is 13.6. The first-order chi connectivity index (χ1) is 14.6. The van der Waals surface area contributed by atoms with Crippen molar-refractivity contribution < 1.29 is 9.53 Å². The molecule has 0 spiro atoms. The standard InChI is InChI=1S/C24H26ClN3O2/c1-17-21(25)9-5-11-23(17)30-14-6-12-24(29)28-13-3-2-7-20-19(8-4-10-22(20)28)18-15-26-27-16-18/h4-5,8-11,15-16H,2-3,6-7,12-14H2,1H3,(H,26,27). The van der Waals surface area contributed by atoms with Gasteiger partial charge >= 0.3 is 0 Å². The zero-order valence-corrected chi connectivity index (χ0v) is 17.9. The number of nitrogens with one attached hydrogen (secondary N) is 1. The van der Waals surface area contributed by atoms with Gasteiger partial charge in [0.05, 0.1) is 12.8 Å². The van der Waals surface area contributed by atoms with E-state index in [1.807, 2.05) is 48.5 Å². The van der Waals surface area contributed by atoms with Crippen LogP contribution in [0.3, 0.4) is 0 Å². The molecule has 0 atom stereocenters. The molecule has 30 heavy (non-hydrogen) atoms. The zero-order chi connectivity index (χ0) is 20.9. The van der Waals surface area contributed by atoms with Gasteiger partial charge in [-0.3, -0.25) is 9.89 Å². The Morgan fingerprint density at radius 3 is 2.93 bits per heavy atom. The number of carbonyl (C=O) groups is 1. The summed E-state index contributed by atoms with van der Waals surface area (Å²) in [5.74, 6) is 0.925. The first-order valence-electron chi connectivity index (χ1n) is 10.4. The van der Waals surface area contributed by atoms with E-state index in [1.165, 1.54) is 5.56 Å². The quantitative estimate of drug-likeness (QED) is 0.527. The Balaban J connectivity index is 1.43. The monoisotopic (exact) mass is 423 g/mol. The molecule has 0 saturated heterocycles. The minimum atomic E-state index is 0.147. The van der Waals surface area contributed by atoms with Gasteiger partial charge in [0.2, 0.25) is 5.91 Å². The molecule has 0 bridgehead atoms. The van der Waals surface area contributed by atoms with Crippen molar-refractivity contribution in [1.29, 1.82) is 0 Å². The number of aromatic amines is 1. The van der Waals surface area contributed by atoms with E-state index >= 15 is 0 Å². The number of benzene rings is 2. The fourth-order valence-corrected chi connectivity index (χ4v) is 4.16. The van der Waals surface area contributed by atoms with Crippen molar-refractivity contribution in [2.75, 3.05) is 18.1 Å². The zero-order valence-electron chi connectivity index (χ0n) is 17.2. The smallest absolute Gasteiger partial charge is 0.227 e. The molecule has 0 saturated carbocycles. The lowest BCUT2D eigenvalue weighted by molar-refractivity contribution is -0.118. The Kier molecular flexibility index (Phi) is 6.38. The number of carbonyl (C=O) groups excluding carboxylic acids is 1.